The molecule has 2 aliphatic carbocycles. The molecule has 0 bridgehead atoms. The van der Waals surface area contributed by atoms with Gasteiger partial charge in [0, 0.05) is 12.3 Å². The third-order valence-corrected chi connectivity index (χ3v) is 5.54. The van der Waals surface area contributed by atoms with Crippen LogP contribution in [0.5, 0.6) is 0 Å². The van der Waals surface area contributed by atoms with Crippen molar-refractivity contribution in [2.45, 2.75) is 76.9 Å². The molecule has 5 atom stereocenters. The van der Waals surface area contributed by atoms with Crippen molar-refractivity contribution in [3.63, 3.8) is 0 Å². The molecule has 6 nitrogen and oxygen atoms in total. The van der Waals surface area contributed by atoms with Crippen molar-refractivity contribution in [1.82, 2.24) is 0 Å². The zero-order valence-corrected chi connectivity index (χ0v) is 15.7. The molecule has 2 aliphatic rings. The third-order valence-electron chi connectivity index (χ3n) is 5.54. The topological polar surface area (TPSA) is 99.4 Å². The SMILES string of the molecule is CCCCCC(O)C=C[C@@H]1[C@@H]2CC(=NOCCCC(=O)O)C[C@H]2C[C@H]1O. The lowest BCUT2D eigenvalue weighted by molar-refractivity contribution is -0.137. The van der Waals surface area contributed by atoms with Gasteiger partial charge < -0.3 is 20.2 Å². The van der Waals surface area contributed by atoms with Crippen LogP contribution in [0.3, 0.4) is 0 Å². The predicted molar refractivity (Wildman–Crippen MR) is 99.9 cm³/mol. The van der Waals surface area contributed by atoms with Gasteiger partial charge >= 0.3 is 5.97 Å². The van der Waals surface area contributed by atoms with E-state index in [1.54, 1.807) is 0 Å². The Morgan fingerprint density at radius 2 is 2.15 bits per heavy atom. The summed E-state index contributed by atoms with van der Waals surface area (Å²) in [6.45, 7) is 2.47. The Labute approximate surface area is 155 Å². The fourth-order valence-electron chi connectivity index (χ4n) is 4.16. The van der Waals surface area contributed by atoms with Crippen LogP contribution in [0.2, 0.25) is 0 Å². The second kappa shape index (κ2) is 10.7. The fraction of sp³-hybridized carbons (Fsp3) is 0.800. The van der Waals surface area contributed by atoms with Gasteiger partial charge in [0.05, 0.1) is 17.9 Å². The highest BCUT2D eigenvalue weighted by Gasteiger charge is 2.46. The van der Waals surface area contributed by atoms with Gasteiger partial charge in [-0.25, -0.2) is 0 Å². The van der Waals surface area contributed by atoms with Gasteiger partial charge in [-0.05, 0) is 43.9 Å². The number of hydrogen-bond donors (Lipinski definition) is 3. The predicted octanol–water partition coefficient (Wildman–Crippen LogP) is 3.13. The summed E-state index contributed by atoms with van der Waals surface area (Å²) in [4.78, 5) is 15.7. The van der Waals surface area contributed by atoms with Gasteiger partial charge in [-0.1, -0.05) is 43.5 Å². The molecule has 0 amide bonds. The zero-order valence-electron chi connectivity index (χ0n) is 15.7. The van der Waals surface area contributed by atoms with Crippen LogP contribution < -0.4 is 0 Å². The molecule has 0 aromatic rings. The maximum Gasteiger partial charge on any atom is 0.303 e. The molecule has 26 heavy (non-hydrogen) atoms. The second-order valence-electron chi connectivity index (χ2n) is 7.65. The van der Waals surface area contributed by atoms with Crippen LogP contribution in [-0.2, 0) is 9.63 Å². The number of fused-ring (bicyclic) bond motifs is 1. The summed E-state index contributed by atoms with van der Waals surface area (Å²) in [5.41, 5.74) is 1.00. The molecule has 3 N–H and O–H groups in total. The van der Waals surface area contributed by atoms with Gasteiger partial charge in [-0.2, -0.15) is 0 Å². The first kappa shape index (κ1) is 20.9. The van der Waals surface area contributed by atoms with Gasteiger partial charge in [0.2, 0.25) is 0 Å². The number of nitrogens with zero attached hydrogens (tertiary/aromatic N) is 1. The summed E-state index contributed by atoms with van der Waals surface area (Å²) in [5.74, 6) is 0.0152. The number of rotatable bonds is 11. The molecule has 6 heteroatoms. The Morgan fingerprint density at radius 3 is 2.88 bits per heavy atom. The zero-order chi connectivity index (χ0) is 18.9. The van der Waals surface area contributed by atoms with Crippen molar-refractivity contribution >= 4 is 11.7 Å². The van der Waals surface area contributed by atoms with E-state index >= 15 is 0 Å². The van der Waals surface area contributed by atoms with Gasteiger partial charge in [0.15, 0.2) is 0 Å². The van der Waals surface area contributed by atoms with E-state index in [1.165, 1.54) is 0 Å². The molecule has 0 heterocycles. The molecule has 2 saturated carbocycles. The van der Waals surface area contributed by atoms with Crippen molar-refractivity contribution in [1.29, 1.82) is 0 Å². The lowest BCUT2D eigenvalue weighted by Crippen LogP contribution is -2.18. The lowest BCUT2D eigenvalue weighted by Gasteiger charge is -2.17. The number of hydrogen-bond acceptors (Lipinski definition) is 5. The van der Waals surface area contributed by atoms with Crippen LogP contribution in [0, 0.1) is 17.8 Å². The number of aliphatic hydroxyl groups excluding tert-OH is 2. The lowest BCUT2D eigenvalue weighted by atomic mass is 9.90. The Morgan fingerprint density at radius 1 is 1.35 bits per heavy atom. The highest BCUT2D eigenvalue weighted by Crippen LogP contribution is 2.47. The summed E-state index contributed by atoms with van der Waals surface area (Å²) < 4.78 is 0. The molecule has 2 rings (SSSR count). The van der Waals surface area contributed by atoms with Gasteiger partial charge in [-0.15, -0.1) is 0 Å². The smallest absolute Gasteiger partial charge is 0.303 e. The summed E-state index contributed by atoms with van der Waals surface area (Å²) in [5, 5.41) is 33.2. The van der Waals surface area contributed by atoms with E-state index in [4.69, 9.17) is 9.94 Å². The quantitative estimate of drug-likeness (QED) is 0.296. The molecule has 0 aromatic carbocycles. The number of oxime groups is 1. The Bertz CT molecular complexity index is 504. The number of unbranched alkanes of at least 4 members (excludes halogenated alkanes) is 2. The maximum absolute atomic E-state index is 10.5. The summed E-state index contributed by atoms with van der Waals surface area (Å²) >= 11 is 0. The summed E-state index contributed by atoms with van der Waals surface area (Å²) in [6, 6.07) is 0. The molecular formula is C20H33NO5. The number of carbonyl (C=O) groups is 1. The van der Waals surface area contributed by atoms with Crippen LogP contribution in [0.1, 0.15) is 64.7 Å². The monoisotopic (exact) mass is 367 g/mol. The Kier molecular flexibility index (Phi) is 8.59. The van der Waals surface area contributed by atoms with Gasteiger partial charge in [0.1, 0.15) is 6.61 Å². The van der Waals surface area contributed by atoms with Crippen LogP contribution >= 0.6 is 0 Å². The number of carboxylic acids is 1. The van der Waals surface area contributed by atoms with E-state index in [-0.39, 0.29) is 18.4 Å². The summed E-state index contributed by atoms with van der Waals surface area (Å²) in [7, 11) is 0. The van der Waals surface area contributed by atoms with Crippen LogP contribution in [0.15, 0.2) is 17.3 Å². The van der Waals surface area contributed by atoms with E-state index in [9.17, 15) is 15.0 Å². The normalized spacial score (nSPS) is 30.8. The van der Waals surface area contributed by atoms with Crippen molar-refractivity contribution in [3.8, 4) is 0 Å². The Balaban J connectivity index is 1.79. The van der Waals surface area contributed by atoms with Crippen LogP contribution in [0.25, 0.3) is 0 Å². The van der Waals surface area contributed by atoms with Crippen molar-refractivity contribution in [2.24, 2.45) is 22.9 Å². The number of carboxylic acid groups (broad SMARTS) is 1. The van der Waals surface area contributed by atoms with E-state index in [0.717, 1.165) is 50.7 Å². The molecule has 0 radical (unpaired) electrons. The first-order valence-electron chi connectivity index (χ1n) is 9.95. The maximum atomic E-state index is 10.5. The third kappa shape index (κ3) is 6.40. The molecule has 0 spiro atoms. The van der Waals surface area contributed by atoms with Crippen LogP contribution in [-0.4, -0.2) is 45.8 Å². The molecule has 0 aromatic heterocycles. The molecule has 0 aliphatic heterocycles. The molecule has 148 valence electrons. The largest absolute Gasteiger partial charge is 0.481 e. The second-order valence-corrected chi connectivity index (χ2v) is 7.65. The number of aliphatic carboxylic acids is 1. The van der Waals surface area contributed by atoms with E-state index in [2.05, 4.69) is 12.1 Å². The highest BCUT2D eigenvalue weighted by atomic mass is 16.6. The molecule has 1 unspecified atom stereocenters. The fourth-order valence-corrected chi connectivity index (χ4v) is 4.16. The van der Waals surface area contributed by atoms with E-state index in [0.29, 0.717) is 24.9 Å². The minimum atomic E-state index is -0.822. The highest BCUT2D eigenvalue weighted by molar-refractivity contribution is 5.86. The molecule has 2 fully saturated rings. The first-order chi connectivity index (χ1) is 12.5. The van der Waals surface area contributed by atoms with Gasteiger partial charge in [0.25, 0.3) is 0 Å². The van der Waals surface area contributed by atoms with Gasteiger partial charge in [-0.3, -0.25) is 4.79 Å². The average molecular weight is 367 g/mol. The average Bonchev–Trinajstić information content (AvgIpc) is 3.09. The van der Waals surface area contributed by atoms with E-state index in [1.807, 2.05) is 12.2 Å². The standard InChI is InChI=1S/C20H33NO5/c1-2-3-4-6-16(22)8-9-17-18-13-15(11-14(18)12-19(17)23)21-26-10-5-7-20(24)25/h8-9,14,16-19,22-23H,2-7,10-13H2,1H3,(H,24,25)/t14-,16?,17+,18+,19+/m0/s1. The van der Waals surface area contributed by atoms with Crippen molar-refractivity contribution in [3.05, 3.63) is 12.2 Å². The number of aliphatic hydroxyl groups is 2. The van der Waals surface area contributed by atoms with E-state index < -0.39 is 12.1 Å². The summed E-state index contributed by atoms with van der Waals surface area (Å²) in [6.07, 6.45) is 10.1. The van der Waals surface area contributed by atoms with Crippen molar-refractivity contribution in [2.75, 3.05) is 6.61 Å². The Hall–Kier alpha value is -1.40. The van der Waals surface area contributed by atoms with Crippen LogP contribution in [0.4, 0.5) is 0 Å². The first-order valence-corrected chi connectivity index (χ1v) is 9.95. The minimum Gasteiger partial charge on any atom is -0.481 e. The van der Waals surface area contributed by atoms with Crippen molar-refractivity contribution < 1.29 is 25.0 Å². The molecular weight excluding hydrogens is 334 g/mol. The molecule has 0 saturated heterocycles. The minimum absolute atomic E-state index is 0.0699.